The maximum Gasteiger partial charge on any atom is 0.410 e. The van der Waals surface area contributed by atoms with Crippen molar-refractivity contribution in [1.82, 2.24) is 10.2 Å². The number of nitrogens with one attached hydrogen (secondary N) is 1. The number of rotatable bonds is 0. The molecular weight excluding hydrogens is 236 g/mol. The molecule has 0 radical (unpaired) electrons. The third-order valence-corrected chi connectivity index (χ3v) is 2.13. The van der Waals surface area contributed by atoms with Gasteiger partial charge in [0.25, 0.3) is 0 Å². The van der Waals surface area contributed by atoms with Crippen molar-refractivity contribution >= 4 is 12.1 Å². The molecule has 3 amide bonds. The second-order valence-corrected chi connectivity index (χ2v) is 5.13. The Hall–Kier alpha value is -1.50. The van der Waals surface area contributed by atoms with Crippen molar-refractivity contribution in [2.75, 3.05) is 19.6 Å². The zero-order chi connectivity index (χ0) is 14.3. The Balaban J connectivity index is 0.000000631. The number of hydrogen-bond donors (Lipinski definition) is 3. The highest BCUT2D eigenvalue weighted by Crippen LogP contribution is 2.12. The molecule has 106 valence electrons. The van der Waals surface area contributed by atoms with Crippen LogP contribution in [0.3, 0.4) is 0 Å². The van der Waals surface area contributed by atoms with Gasteiger partial charge in [-0.1, -0.05) is 0 Å². The molecule has 1 aliphatic rings. The SMILES string of the molecule is CC1CNCCN1C(=O)OC(C)(C)C.NC(N)=O. The molecule has 0 bridgehead atoms. The Morgan fingerprint density at radius 2 is 1.83 bits per heavy atom. The number of primary amides is 2. The standard InChI is InChI=1S/C10H20N2O2.CH4N2O/c1-8-7-11-5-6-12(8)9(13)14-10(2,3)4;2-1(3)4/h8,11H,5-7H2,1-4H3;(H4,2,3,4). The summed E-state index contributed by atoms with van der Waals surface area (Å²) >= 11 is 0. The van der Waals surface area contributed by atoms with Crippen LogP contribution in [0.15, 0.2) is 0 Å². The second-order valence-electron chi connectivity index (χ2n) is 5.13. The van der Waals surface area contributed by atoms with Crippen LogP contribution in [0.25, 0.3) is 0 Å². The minimum Gasteiger partial charge on any atom is -0.444 e. The van der Waals surface area contributed by atoms with E-state index in [1.807, 2.05) is 27.7 Å². The fraction of sp³-hybridized carbons (Fsp3) is 0.818. The lowest BCUT2D eigenvalue weighted by Gasteiger charge is -2.35. The van der Waals surface area contributed by atoms with Crippen molar-refractivity contribution in [3.05, 3.63) is 0 Å². The smallest absolute Gasteiger partial charge is 0.410 e. The highest BCUT2D eigenvalue weighted by atomic mass is 16.6. The number of urea groups is 1. The molecule has 0 aromatic heterocycles. The molecule has 7 heteroatoms. The minimum absolute atomic E-state index is 0.202. The molecule has 1 aliphatic heterocycles. The van der Waals surface area contributed by atoms with Crippen LogP contribution in [0.2, 0.25) is 0 Å². The van der Waals surface area contributed by atoms with E-state index in [0.717, 1.165) is 19.6 Å². The number of ether oxygens (including phenoxy) is 1. The van der Waals surface area contributed by atoms with Crippen molar-refractivity contribution in [3.63, 3.8) is 0 Å². The predicted octanol–water partition coefficient (Wildman–Crippen LogP) is 0.239. The van der Waals surface area contributed by atoms with Gasteiger partial charge in [0.05, 0.1) is 0 Å². The Morgan fingerprint density at radius 3 is 2.22 bits per heavy atom. The van der Waals surface area contributed by atoms with Crippen LogP contribution < -0.4 is 16.8 Å². The summed E-state index contributed by atoms with van der Waals surface area (Å²) in [5, 5.41) is 3.23. The summed E-state index contributed by atoms with van der Waals surface area (Å²) in [4.78, 5) is 22.5. The van der Waals surface area contributed by atoms with Gasteiger partial charge < -0.3 is 26.4 Å². The molecule has 1 atom stereocenters. The van der Waals surface area contributed by atoms with Gasteiger partial charge in [-0.3, -0.25) is 0 Å². The van der Waals surface area contributed by atoms with Gasteiger partial charge in [0.15, 0.2) is 0 Å². The van der Waals surface area contributed by atoms with Crippen molar-refractivity contribution in [3.8, 4) is 0 Å². The minimum atomic E-state index is -0.833. The molecule has 0 aromatic rings. The predicted molar refractivity (Wildman–Crippen MR) is 69.0 cm³/mol. The number of nitrogens with zero attached hydrogens (tertiary/aromatic N) is 1. The summed E-state index contributed by atoms with van der Waals surface area (Å²) in [5.41, 5.74) is 8.10. The summed E-state index contributed by atoms with van der Waals surface area (Å²) in [6.07, 6.45) is -0.202. The number of piperazine rings is 1. The van der Waals surface area contributed by atoms with Gasteiger partial charge >= 0.3 is 12.1 Å². The number of nitrogens with two attached hydrogens (primary N) is 2. The number of amides is 3. The van der Waals surface area contributed by atoms with E-state index in [0.29, 0.717) is 0 Å². The maximum absolute atomic E-state index is 11.7. The van der Waals surface area contributed by atoms with Crippen molar-refractivity contribution in [1.29, 1.82) is 0 Å². The zero-order valence-corrected chi connectivity index (χ0v) is 11.5. The summed E-state index contributed by atoms with van der Waals surface area (Å²) in [6, 6.07) is -0.612. The van der Waals surface area contributed by atoms with Crippen LogP contribution >= 0.6 is 0 Å². The van der Waals surface area contributed by atoms with Gasteiger partial charge in [-0.15, -0.1) is 0 Å². The molecule has 0 aromatic carbocycles. The first-order chi connectivity index (χ1) is 8.13. The summed E-state index contributed by atoms with van der Waals surface area (Å²) in [5.74, 6) is 0. The Bertz CT molecular complexity index is 285. The highest BCUT2D eigenvalue weighted by molar-refractivity contribution is 5.69. The molecule has 1 unspecified atom stereocenters. The monoisotopic (exact) mass is 260 g/mol. The molecule has 1 saturated heterocycles. The molecule has 1 fully saturated rings. The Kier molecular flexibility index (Phi) is 6.46. The lowest BCUT2D eigenvalue weighted by atomic mass is 10.2. The average molecular weight is 260 g/mol. The Morgan fingerprint density at radius 1 is 1.33 bits per heavy atom. The van der Waals surface area contributed by atoms with E-state index in [2.05, 4.69) is 16.8 Å². The van der Waals surface area contributed by atoms with E-state index in [1.165, 1.54) is 0 Å². The largest absolute Gasteiger partial charge is 0.444 e. The normalized spacial score (nSPS) is 19.6. The lowest BCUT2D eigenvalue weighted by Crippen LogP contribution is -2.53. The van der Waals surface area contributed by atoms with Crippen LogP contribution in [-0.4, -0.2) is 48.3 Å². The number of carbonyl (C=O) groups is 2. The fourth-order valence-electron chi connectivity index (χ4n) is 1.43. The van der Waals surface area contributed by atoms with Gasteiger partial charge in [0.2, 0.25) is 0 Å². The third kappa shape index (κ3) is 7.72. The van der Waals surface area contributed by atoms with E-state index >= 15 is 0 Å². The van der Waals surface area contributed by atoms with Gasteiger partial charge in [-0.05, 0) is 27.7 Å². The molecule has 0 aliphatic carbocycles. The van der Waals surface area contributed by atoms with E-state index < -0.39 is 11.6 Å². The first kappa shape index (κ1) is 16.5. The molecule has 0 saturated carbocycles. The topological polar surface area (TPSA) is 111 Å². The first-order valence-corrected chi connectivity index (χ1v) is 5.88. The third-order valence-electron chi connectivity index (χ3n) is 2.13. The molecule has 1 rings (SSSR count). The Labute approximate surface area is 108 Å². The van der Waals surface area contributed by atoms with Crippen molar-refractivity contribution in [2.45, 2.75) is 39.3 Å². The highest BCUT2D eigenvalue weighted by Gasteiger charge is 2.27. The maximum atomic E-state index is 11.7. The van der Waals surface area contributed by atoms with E-state index in [4.69, 9.17) is 9.53 Å². The van der Waals surface area contributed by atoms with Gasteiger partial charge in [0.1, 0.15) is 5.60 Å². The van der Waals surface area contributed by atoms with E-state index in [1.54, 1.807) is 4.90 Å². The molecular formula is C11H24N4O3. The van der Waals surface area contributed by atoms with Gasteiger partial charge in [-0.25, -0.2) is 9.59 Å². The van der Waals surface area contributed by atoms with Gasteiger partial charge in [-0.2, -0.15) is 0 Å². The zero-order valence-electron chi connectivity index (χ0n) is 11.5. The summed E-state index contributed by atoms with van der Waals surface area (Å²) in [7, 11) is 0. The summed E-state index contributed by atoms with van der Waals surface area (Å²) < 4.78 is 5.31. The van der Waals surface area contributed by atoms with Crippen LogP contribution in [0, 0.1) is 0 Å². The average Bonchev–Trinajstić information content (AvgIpc) is 2.14. The number of hydrogen-bond acceptors (Lipinski definition) is 4. The number of carbonyl (C=O) groups excluding carboxylic acids is 2. The van der Waals surface area contributed by atoms with Crippen molar-refractivity contribution in [2.24, 2.45) is 11.5 Å². The molecule has 0 spiro atoms. The van der Waals surface area contributed by atoms with Crippen LogP contribution in [0.5, 0.6) is 0 Å². The van der Waals surface area contributed by atoms with Gasteiger partial charge in [0, 0.05) is 25.7 Å². The molecule has 7 nitrogen and oxygen atoms in total. The molecule has 18 heavy (non-hydrogen) atoms. The lowest BCUT2D eigenvalue weighted by molar-refractivity contribution is 0.0141. The second kappa shape index (κ2) is 7.05. The van der Waals surface area contributed by atoms with E-state index in [9.17, 15) is 4.79 Å². The molecule has 5 N–H and O–H groups in total. The quantitative estimate of drug-likeness (QED) is 0.579. The van der Waals surface area contributed by atoms with E-state index in [-0.39, 0.29) is 12.1 Å². The van der Waals surface area contributed by atoms with Crippen molar-refractivity contribution < 1.29 is 14.3 Å². The van der Waals surface area contributed by atoms with Crippen LogP contribution in [-0.2, 0) is 4.74 Å². The molecule has 1 heterocycles. The van der Waals surface area contributed by atoms with Crippen LogP contribution in [0.1, 0.15) is 27.7 Å². The summed E-state index contributed by atoms with van der Waals surface area (Å²) in [6.45, 7) is 10.1. The first-order valence-electron chi connectivity index (χ1n) is 5.88. The van der Waals surface area contributed by atoms with Crippen LogP contribution in [0.4, 0.5) is 9.59 Å². The fourth-order valence-corrected chi connectivity index (χ4v) is 1.43.